The molecule has 5 nitrogen and oxygen atoms in total. The molecule has 0 aliphatic heterocycles. The van der Waals surface area contributed by atoms with Crippen LogP contribution in [0.1, 0.15) is 35.3 Å². The van der Waals surface area contributed by atoms with E-state index in [1.165, 1.54) is 28.8 Å². The number of hydrogen-bond donors (Lipinski definition) is 4. The molecule has 4 N–H and O–H groups in total. The van der Waals surface area contributed by atoms with E-state index in [0.717, 1.165) is 19.3 Å². The Morgan fingerprint density at radius 2 is 1.96 bits per heavy atom. The number of aryl methyl sites for hydroxylation is 1. The van der Waals surface area contributed by atoms with E-state index in [4.69, 9.17) is 0 Å². The predicted molar refractivity (Wildman–Crippen MR) is 106 cm³/mol. The summed E-state index contributed by atoms with van der Waals surface area (Å²) in [5.41, 5.74) is 4.91. The molecule has 0 bridgehead atoms. The average Bonchev–Trinajstić information content (AvgIpc) is 3.08. The molecule has 0 radical (unpaired) electrons. The van der Waals surface area contributed by atoms with Crippen LogP contribution in [0.15, 0.2) is 47.3 Å². The second kappa shape index (κ2) is 7.18. The fourth-order valence-electron chi connectivity index (χ4n) is 3.97. The van der Waals surface area contributed by atoms with Gasteiger partial charge in [-0.1, -0.05) is 31.2 Å². The summed E-state index contributed by atoms with van der Waals surface area (Å²) < 4.78 is 0. The molecule has 0 amide bonds. The number of rotatable bonds is 5. The summed E-state index contributed by atoms with van der Waals surface area (Å²) in [6, 6.07) is 13.3. The summed E-state index contributed by atoms with van der Waals surface area (Å²) in [4.78, 5) is 14.2. The SMILES string of the molecule is CCc1ccc2c(c1)CC(NCC(O)c1ccc(O)c3[nH]c(=O)ccc13)C2. The van der Waals surface area contributed by atoms with Crippen LogP contribution in [0.4, 0.5) is 0 Å². The van der Waals surface area contributed by atoms with Crippen molar-refractivity contribution >= 4 is 10.9 Å². The average molecular weight is 364 g/mol. The van der Waals surface area contributed by atoms with Crippen LogP contribution in [0.5, 0.6) is 5.75 Å². The molecule has 1 aromatic heterocycles. The summed E-state index contributed by atoms with van der Waals surface area (Å²) in [5, 5.41) is 24.8. The maximum atomic E-state index is 11.5. The van der Waals surface area contributed by atoms with E-state index in [9.17, 15) is 15.0 Å². The van der Waals surface area contributed by atoms with Gasteiger partial charge in [0.1, 0.15) is 5.75 Å². The zero-order valence-corrected chi connectivity index (χ0v) is 15.3. The number of fused-ring (bicyclic) bond motifs is 2. The van der Waals surface area contributed by atoms with Gasteiger partial charge >= 0.3 is 0 Å². The number of benzene rings is 2. The van der Waals surface area contributed by atoms with Crippen molar-refractivity contribution in [2.75, 3.05) is 6.54 Å². The minimum Gasteiger partial charge on any atom is -0.506 e. The van der Waals surface area contributed by atoms with Crippen molar-refractivity contribution < 1.29 is 10.2 Å². The number of phenolic OH excluding ortho intramolecular Hbond substituents is 1. The normalized spacial score (nSPS) is 17.2. The molecule has 0 saturated heterocycles. The fraction of sp³-hybridized carbons (Fsp3) is 0.318. The van der Waals surface area contributed by atoms with Gasteiger partial charge in [0.15, 0.2) is 0 Å². The topological polar surface area (TPSA) is 85.3 Å². The number of aliphatic hydroxyl groups is 1. The third-order valence-electron chi connectivity index (χ3n) is 5.48. The van der Waals surface area contributed by atoms with Crippen molar-refractivity contribution in [1.29, 1.82) is 0 Å². The van der Waals surface area contributed by atoms with Crippen LogP contribution < -0.4 is 10.9 Å². The van der Waals surface area contributed by atoms with E-state index in [2.05, 4.69) is 35.4 Å². The van der Waals surface area contributed by atoms with Crippen molar-refractivity contribution in [3.05, 3.63) is 75.1 Å². The van der Waals surface area contributed by atoms with Crippen LogP contribution in [0.2, 0.25) is 0 Å². The molecule has 140 valence electrons. The summed E-state index contributed by atoms with van der Waals surface area (Å²) in [6.07, 6.45) is 2.25. The largest absolute Gasteiger partial charge is 0.506 e. The Labute approximate surface area is 157 Å². The van der Waals surface area contributed by atoms with Gasteiger partial charge in [-0.05, 0) is 53.6 Å². The van der Waals surface area contributed by atoms with E-state index in [1.807, 2.05) is 0 Å². The zero-order chi connectivity index (χ0) is 19.0. The highest BCUT2D eigenvalue weighted by molar-refractivity contribution is 5.87. The van der Waals surface area contributed by atoms with E-state index in [-0.39, 0.29) is 11.3 Å². The van der Waals surface area contributed by atoms with Gasteiger partial charge in [-0.15, -0.1) is 0 Å². The number of aliphatic hydroxyl groups excluding tert-OH is 1. The highest BCUT2D eigenvalue weighted by atomic mass is 16.3. The second-order valence-electron chi connectivity index (χ2n) is 7.27. The van der Waals surface area contributed by atoms with Crippen molar-refractivity contribution in [3.8, 4) is 5.75 Å². The maximum Gasteiger partial charge on any atom is 0.248 e. The Kier molecular flexibility index (Phi) is 4.72. The number of pyridine rings is 1. The fourth-order valence-corrected chi connectivity index (χ4v) is 3.97. The predicted octanol–water partition coefficient (Wildman–Crippen LogP) is 2.59. The van der Waals surface area contributed by atoms with Crippen LogP contribution in [-0.4, -0.2) is 27.8 Å². The number of aromatic amines is 1. The number of hydrogen-bond acceptors (Lipinski definition) is 4. The molecule has 0 spiro atoms. The lowest BCUT2D eigenvalue weighted by Gasteiger charge is -2.18. The molecule has 1 heterocycles. The third-order valence-corrected chi connectivity index (χ3v) is 5.48. The van der Waals surface area contributed by atoms with E-state index in [0.29, 0.717) is 29.1 Å². The van der Waals surface area contributed by atoms with E-state index in [1.54, 1.807) is 12.1 Å². The first-order chi connectivity index (χ1) is 13.0. The maximum absolute atomic E-state index is 11.5. The molecule has 2 aromatic carbocycles. The highest BCUT2D eigenvalue weighted by Crippen LogP contribution is 2.29. The van der Waals surface area contributed by atoms with Crippen molar-refractivity contribution in [3.63, 3.8) is 0 Å². The molecule has 2 atom stereocenters. The molecule has 0 saturated carbocycles. The van der Waals surface area contributed by atoms with Gasteiger partial charge in [0, 0.05) is 24.0 Å². The molecule has 4 rings (SSSR count). The molecule has 1 aliphatic rings. The second-order valence-corrected chi connectivity index (χ2v) is 7.27. The molecule has 0 fully saturated rings. The van der Waals surface area contributed by atoms with Gasteiger partial charge in [0.05, 0.1) is 11.6 Å². The zero-order valence-electron chi connectivity index (χ0n) is 15.3. The molecule has 27 heavy (non-hydrogen) atoms. The lowest BCUT2D eigenvalue weighted by Crippen LogP contribution is -2.33. The molecular weight excluding hydrogens is 340 g/mol. The Hall–Kier alpha value is -2.63. The van der Waals surface area contributed by atoms with Crippen molar-refractivity contribution in [2.24, 2.45) is 0 Å². The summed E-state index contributed by atoms with van der Waals surface area (Å²) in [5.74, 6) is 0.00424. The Morgan fingerprint density at radius 1 is 1.15 bits per heavy atom. The minimum atomic E-state index is -0.728. The molecule has 5 heteroatoms. The van der Waals surface area contributed by atoms with Crippen LogP contribution in [0, 0.1) is 0 Å². The summed E-state index contributed by atoms with van der Waals surface area (Å²) >= 11 is 0. The molecular formula is C22H24N2O3. The van der Waals surface area contributed by atoms with Gasteiger partial charge in [0.2, 0.25) is 5.56 Å². The standard InChI is InChI=1S/C22H24N2O3/c1-2-13-3-4-14-10-16(11-15(14)9-13)23-12-20(26)17-5-7-19(25)22-18(17)6-8-21(27)24-22/h3-9,16,20,23,25-26H,2,10-12H2,1H3,(H,24,27). The number of nitrogens with one attached hydrogen (secondary N) is 2. The van der Waals surface area contributed by atoms with Gasteiger partial charge in [-0.3, -0.25) is 4.79 Å². The molecule has 3 aromatic rings. The van der Waals surface area contributed by atoms with Gasteiger partial charge < -0.3 is 20.5 Å². The first-order valence-corrected chi connectivity index (χ1v) is 9.42. The minimum absolute atomic E-state index is 0.00424. The number of aromatic hydroxyl groups is 1. The Morgan fingerprint density at radius 3 is 2.78 bits per heavy atom. The summed E-state index contributed by atoms with van der Waals surface area (Å²) in [6.45, 7) is 2.58. The van der Waals surface area contributed by atoms with Crippen LogP contribution >= 0.6 is 0 Å². The monoisotopic (exact) mass is 364 g/mol. The number of H-pyrrole nitrogens is 1. The smallest absolute Gasteiger partial charge is 0.248 e. The Balaban J connectivity index is 1.48. The van der Waals surface area contributed by atoms with Crippen molar-refractivity contribution in [2.45, 2.75) is 38.3 Å². The Bertz CT molecular complexity index is 1040. The van der Waals surface area contributed by atoms with Crippen LogP contribution in [-0.2, 0) is 19.3 Å². The van der Waals surface area contributed by atoms with Gasteiger partial charge in [-0.2, -0.15) is 0 Å². The van der Waals surface area contributed by atoms with E-state index >= 15 is 0 Å². The highest BCUT2D eigenvalue weighted by Gasteiger charge is 2.22. The lowest BCUT2D eigenvalue weighted by molar-refractivity contribution is 0.171. The number of aromatic nitrogens is 1. The number of phenols is 1. The quantitative estimate of drug-likeness (QED) is 0.561. The first kappa shape index (κ1) is 17.8. The first-order valence-electron chi connectivity index (χ1n) is 9.42. The molecule has 2 unspecified atom stereocenters. The van der Waals surface area contributed by atoms with Gasteiger partial charge in [0.25, 0.3) is 0 Å². The van der Waals surface area contributed by atoms with Crippen LogP contribution in [0.3, 0.4) is 0 Å². The molecule has 1 aliphatic carbocycles. The van der Waals surface area contributed by atoms with Gasteiger partial charge in [-0.25, -0.2) is 0 Å². The van der Waals surface area contributed by atoms with Crippen molar-refractivity contribution in [1.82, 2.24) is 10.3 Å². The summed E-state index contributed by atoms with van der Waals surface area (Å²) in [7, 11) is 0. The lowest BCUT2D eigenvalue weighted by atomic mass is 10.0. The van der Waals surface area contributed by atoms with E-state index < -0.39 is 6.10 Å². The van der Waals surface area contributed by atoms with Crippen LogP contribution in [0.25, 0.3) is 10.9 Å². The third kappa shape index (κ3) is 3.48.